The van der Waals surface area contributed by atoms with Gasteiger partial charge in [0.1, 0.15) is 0 Å². The zero-order chi connectivity index (χ0) is 10.8. The number of hydrogen-bond acceptors (Lipinski definition) is 2. The largest absolute Gasteiger partial charge is 0.323 e. The van der Waals surface area contributed by atoms with E-state index in [4.69, 9.17) is 5.73 Å². The molecule has 2 aromatic rings. The molecule has 0 aliphatic rings. The van der Waals surface area contributed by atoms with Crippen LogP contribution in [0.5, 0.6) is 0 Å². The van der Waals surface area contributed by atoms with E-state index in [0.29, 0.717) is 0 Å². The number of imidazole rings is 1. The number of aromatic nitrogens is 2. The Morgan fingerprint density at radius 1 is 1.47 bits per heavy atom. The molecule has 0 bridgehead atoms. The van der Waals surface area contributed by atoms with Gasteiger partial charge < -0.3 is 10.3 Å². The van der Waals surface area contributed by atoms with E-state index in [1.165, 1.54) is 3.57 Å². The molecule has 0 unspecified atom stereocenters. The number of halogens is 1. The summed E-state index contributed by atoms with van der Waals surface area (Å²) in [5.74, 6) is 0. The van der Waals surface area contributed by atoms with Crippen molar-refractivity contribution in [2.24, 2.45) is 5.73 Å². The molecule has 0 fully saturated rings. The Labute approximate surface area is 102 Å². The number of nitrogens with two attached hydrogens (primary N) is 1. The molecule has 2 N–H and O–H groups in total. The standard InChI is InChI=1S/C11H12IN3/c1-8(13)11-6-14-7-15(11)10-4-2-3-9(12)5-10/h2-8H,13H2,1H3/t8-/m1/s1. The van der Waals surface area contributed by atoms with Crippen LogP contribution in [-0.2, 0) is 0 Å². The van der Waals surface area contributed by atoms with E-state index >= 15 is 0 Å². The van der Waals surface area contributed by atoms with E-state index in [2.05, 4.69) is 45.8 Å². The molecule has 0 saturated carbocycles. The average Bonchev–Trinajstić information content (AvgIpc) is 2.65. The maximum atomic E-state index is 5.87. The number of rotatable bonds is 2. The van der Waals surface area contributed by atoms with Crippen LogP contribution in [0, 0.1) is 3.57 Å². The predicted octanol–water partition coefficient (Wildman–Crippen LogP) is 2.50. The Hall–Kier alpha value is -0.880. The van der Waals surface area contributed by atoms with Crippen LogP contribution in [0.3, 0.4) is 0 Å². The minimum Gasteiger partial charge on any atom is -0.323 e. The molecule has 1 atom stereocenters. The Morgan fingerprint density at radius 3 is 2.93 bits per heavy atom. The van der Waals surface area contributed by atoms with Gasteiger partial charge in [0.2, 0.25) is 0 Å². The van der Waals surface area contributed by atoms with Crippen molar-refractivity contribution in [3.05, 3.63) is 46.1 Å². The lowest BCUT2D eigenvalue weighted by Crippen LogP contribution is -2.10. The first-order chi connectivity index (χ1) is 7.18. The number of benzene rings is 1. The summed E-state index contributed by atoms with van der Waals surface area (Å²) in [4.78, 5) is 4.13. The second-order valence-electron chi connectivity index (χ2n) is 3.46. The van der Waals surface area contributed by atoms with Gasteiger partial charge in [-0.1, -0.05) is 6.07 Å². The predicted molar refractivity (Wildman–Crippen MR) is 68.9 cm³/mol. The van der Waals surface area contributed by atoms with Crippen LogP contribution in [0.25, 0.3) is 5.69 Å². The fraction of sp³-hybridized carbons (Fsp3) is 0.182. The molecule has 2 rings (SSSR count). The molecule has 0 aliphatic carbocycles. The smallest absolute Gasteiger partial charge is 0.0994 e. The third-order valence-corrected chi connectivity index (χ3v) is 2.89. The minimum atomic E-state index is -0.00892. The summed E-state index contributed by atoms with van der Waals surface area (Å²) in [5, 5.41) is 0. The van der Waals surface area contributed by atoms with E-state index in [9.17, 15) is 0 Å². The fourth-order valence-corrected chi connectivity index (χ4v) is 2.01. The summed E-state index contributed by atoms with van der Waals surface area (Å²) >= 11 is 2.29. The Morgan fingerprint density at radius 2 is 2.27 bits per heavy atom. The molecule has 1 aromatic carbocycles. The van der Waals surface area contributed by atoms with Crippen molar-refractivity contribution in [2.75, 3.05) is 0 Å². The first-order valence-electron chi connectivity index (χ1n) is 4.72. The number of nitrogens with zero attached hydrogens (tertiary/aromatic N) is 2. The van der Waals surface area contributed by atoms with E-state index in [1.807, 2.05) is 23.8 Å². The molecular weight excluding hydrogens is 301 g/mol. The van der Waals surface area contributed by atoms with Crippen LogP contribution in [0.15, 0.2) is 36.8 Å². The molecule has 1 aromatic heterocycles. The summed E-state index contributed by atoms with van der Waals surface area (Å²) in [6.07, 6.45) is 3.61. The van der Waals surface area contributed by atoms with Crippen LogP contribution < -0.4 is 5.73 Å². The quantitative estimate of drug-likeness (QED) is 0.866. The van der Waals surface area contributed by atoms with Crippen LogP contribution >= 0.6 is 22.6 Å². The Bertz CT molecular complexity index is 462. The highest BCUT2D eigenvalue weighted by Gasteiger charge is 2.07. The lowest BCUT2D eigenvalue weighted by Gasteiger charge is -2.10. The highest BCUT2D eigenvalue weighted by Crippen LogP contribution is 2.17. The third kappa shape index (κ3) is 2.21. The van der Waals surface area contributed by atoms with Gasteiger partial charge in [-0.2, -0.15) is 0 Å². The molecule has 0 aliphatic heterocycles. The molecular formula is C11H12IN3. The summed E-state index contributed by atoms with van der Waals surface area (Å²) in [6.45, 7) is 1.96. The van der Waals surface area contributed by atoms with Crippen molar-refractivity contribution in [1.29, 1.82) is 0 Å². The molecule has 3 nitrogen and oxygen atoms in total. The Kier molecular flexibility index (Phi) is 3.06. The normalized spacial score (nSPS) is 12.7. The second kappa shape index (κ2) is 4.32. The van der Waals surface area contributed by atoms with E-state index in [0.717, 1.165) is 11.4 Å². The van der Waals surface area contributed by atoms with Crippen LogP contribution in [0.2, 0.25) is 0 Å². The van der Waals surface area contributed by atoms with E-state index < -0.39 is 0 Å². The van der Waals surface area contributed by atoms with Gasteiger partial charge in [0, 0.05) is 15.3 Å². The lowest BCUT2D eigenvalue weighted by molar-refractivity contribution is 0.752. The average molecular weight is 313 g/mol. The van der Waals surface area contributed by atoms with Gasteiger partial charge in [0.15, 0.2) is 0 Å². The topological polar surface area (TPSA) is 43.8 Å². The summed E-state index contributed by atoms with van der Waals surface area (Å²) in [7, 11) is 0. The molecule has 0 amide bonds. The molecule has 0 radical (unpaired) electrons. The van der Waals surface area contributed by atoms with Crippen molar-refractivity contribution in [1.82, 2.24) is 9.55 Å². The summed E-state index contributed by atoms with van der Waals surface area (Å²) in [6, 6.07) is 8.24. The van der Waals surface area contributed by atoms with E-state index in [-0.39, 0.29) is 6.04 Å². The monoisotopic (exact) mass is 313 g/mol. The van der Waals surface area contributed by atoms with Crippen molar-refractivity contribution in [3.63, 3.8) is 0 Å². The summed E-state index contributed by atoms with van der Waals surface area (Å²) < 4.78 is 3.22. The zero-order valence-corrected chi connectivity index (χ0v) is 10.5. The second-order valence-corrected chi connectivity index (χ2v) is 4.70. The van der Waals surface area contributed by atoms with Gasteiger partial charge >= 0.3 is 0 Å². The van der Waals surface area contributed by atoms with Gasteiger partial charge in [-0.05, 0) is 47.7 Å². The van der Waals surface area contributed by atoms with Gasteiger partial charge in [-0.3, -0.25) is 0 Å². The maximum Gasteiger partial charge on any atom is 0.0994 e. The van der Waals surface area contributed by atoms with Crippen LogP contribution in [-0.4, -0.2) is 9.55 Å². The van der Waals surface area contributed by atoms with Crippen molar-refractivity contribution < 1.29 is 0 Å². The SMILES string of the molecule is C[C@@H](N)c1cncn1-c1cccc(I)c1. The summed E-state index contributed by atoms with van der Waals surface area (Å²) in [5.41, 5.74) is 8.00. The maximum absolute atomic E-state index is 5.87. The van der Waals surface area contributed by atoms with E-state index in [1.54, 1.807) is 6.33 Å². The van der Waals surface area contributed by atoms with Gasteiger partial charge in [-0.25, -0.2) is 4.98 Å². The van der Waals surface area contributed by atoms with Gasteiger partial charge in [0.25, 0.3) is 0 Å². The van der Waals surface area contributed by atoms with Crippen LogP contribution in [0.1, 0.15) is 18.7 Å². The minimum absolute atomic E-state index is 0.00892. The molecule has 4 heteroatoms. The first-order valence-corrected chi connectivity index (χ1v) is 5.80. The van der Waals surface area contributed by atoms with Crippen molar-refractivity contribution >= 4 is 22.6 Å². The van der Waals surface area contributed by atoms with Gasteiger partial charge in [0.05, 0.1) is 18.2 Å². The Balaban J connectivity index is 2.49. The fourth-order valence-electron chi connectivity index (χ4n) is 1.48. The third-order valence-electron chi connectivity index (χ3n) is 2.22. The first kappa shape index (κ1) is 10.6. The molecule has 1 heterocycles. The molecule has 0 saturated heterocycles. The zero-order valence-electron chi connectivity index (χ0n) is 8.39. The number of hydrogen-bond donors (Lipinski definition) is 1. The molecule has 78 valence electrons. The lowest BCUT2D eigenvalue weighted by atomic mass is 10.2. The van der Waals surface area contributed by atoms with Crippen LogP contribution in [0.4, 0.5) is 0 Å². The van der Waals surface area contributed by atoms with Gasteiger partial charge in [-0.15, -0.1) is 0 Å². The molecule has 0 spiro atoms. The van der Waals surface area contributed by atoms with Crippen molar-refractivity contribution in [3.8, 4) is 5.69 Å². The molecule has 15 heavy (non-hydrogen) atoms. The highest BCUT2D eigenvalue weighted by molar-refractivity contribution is 14.1. The van der Waals surface area contributed by atoms with Crippen molar-refractivity contribution in [2.45, 2.75) is 13.0 Å². The highest BCUT2D eigenvalue weighted by atomic mass is 127.